The van der Waals surface area contributed by atoms with Crippen LogP contribution < -0.4 is 15.5 Å². The van der Waals surface area contributed by atoms with Crippen molar-refractivity contribution in [2.75, 3.05) is 20.2 Å². The highest BCUT2D eigenvalue weighted by molar-refractivity contribution is 6.63. The molecule has 1 aliphatic heterocycles. The summed E-state index contributed by atoms with van der Waals surface area (Å²) in [5.41, 5.74) is -0.344. The van der Waals surface area contributed by atoms with Crippen LogP contribution in [-0.4, -0.2) is 38.5 Å². The molecule has 4 nitrogen and oxygen atoms in total. The second-order valence-corrected chi connectivity index (χ2v) is 6.20. The van der Waals surface area contributed by atoms with E-state index in [2.05, 4.69) is 5.32 Å². The maximum Gasteiger partial charge on any atom is 0.498 e. The Balaban J connectivity index is 2.26. The van der Waals surface area contributed by atoms with Crippen LogP contribution in [0.5, 0.6) is 5.75 Å². The van der Waals surface area contributed by atoms with Gasteiger partial charge in [-0.05, 0) is 40.8 Å². The normalized spacial score (nSPS) is 19.8. The minimum absolute atomic E-state index is 0.200. The van der Waals surface area contributed by atoms with E-state index < -0.39 is 24.1 Å². The summed E-state index contributed by atoms with van der Waals surface area (Å²) < 4.78 is 31.6. The molecule has 1 saturated heterocycles. The SMILES string of the molecule is CNCCOc1c(F)cccc1B1OC(C)(C)C(C)(C)O1. The number of likely N-dealkylation sites (N-methyl/N-ethyl adjacent to an activating group) is 1. The quantitative estimate of drug-likeness (QED) is 0.663. The van der Waals surface area contributed by atoms with Gasteiger partial charge in [0.2, 0.25) is 0 Å². The number of ether oxygens (including phenoxy) is 1. The second-order valence-electron chi connectivity index (χ2n) is 6.20. The number of rotatable bonds is 5. The highest BCUT2D eigenvalue weighted by Crippen LogP contribution is 2.37. The molecule has 116 valence electrons. The molecule has 1 aromatic carbocycles. The Morgan fingerprint density at radius 2 is 1.81 bits per heavy atom. The predicted molar refractivity (Wildman–Crippen MR) is 81.5 cm³/mol. The van der Waals surface area contributed by atoms with Crippen molar-refractivity contribution >= 4 is 12.6 Å². The smallest absolute Gasteiger partial charge is 0.490 e. The third-order valence-electron chi connectivity index (χ3n) is 4.10. The summed E-state index contributed by atoms with van der Waals surface area (Å²) in [7, 11) is 1.19. The first-order valence-corrected chi connectivity index (χ1v) is 7.20. The van der Waals surface area contributed by atoms with Crippen molar-refractivity contribution in [2.24, 2.45) is 0 Å². The zero-order valence-corrected chi connectivity index (χ0v) is 13.3. The van der Waals surface area contributed by atoms with Gasteiger partial charge in [-0.1, -0.05) is 12.1 Å². The minimum Gasteiger partial charge on any atom is -0.490 e. The molecular formula is C15H23BFNO3. The summed E-state index contributed by atoms with van der Waals surface area (Å²) in [5.74, 6) is -0.204. The Morgan fingerprint density at radius 3 is 2.38 bits per heavy atom. The van der Waals surface area contributed by atoms with Crippen molar-refractivity contribution in [2.45, 2.75) is 38.9 Å². The molecule has 1 heterocycles. The highest BCUT2D eigenvalue weighted by Gasteiger charge is 2.52. The van der Waals surface area contributed by atoms with Crippen molar-refractivity contribution < 1.29 is 18.4 Å². The van der Waals surface area contributed by atoms with Crippen molar-refractivity contribution in [1.29, 1.82) is 0 Å². The number of para-hydroxylation sites is 1. The molecule has 1 aromatic rings. The molecule has 21 heavy (non-hydrogen) atoms. The lowest BCUT2D eigenvalue weighted by Gasteiger charge is -2.32. The summed E-state index contributed by atoms with van der Waals surface area (Å²) in [6.45, 7) is 8.88. The molecule has 0 spiro atoms. The maximum atomic E-state index is 14.1. The molecule has 0 amide bonds. The standard InChI is InChI=1S/C15H23BFNO3/c1-14(2)15(3,4)21-16(20-14)11-7-6-8-12(17)13(11)19-10-9-18-5/h6-8,18H,9-10H2,1-5H3. The summed E-state index contributed by atoms with van der Waals surface area (Å²) in [6, 6.07) is 4.80. The molecule has 0 aliphatic carbocycles. The van der Waals surface area contributed by atoms with E-state index >= 15 is 0 Å². The molecule has 0 saturated carbocycles. The lowest BCUT2D eigenvalue weighted by Crippen LogP contribution is -2.41. The lowest BCUT2D eigenvalue weighted by atomic mass is 9.78. The monoisotopic (exact) mass is 295 g/mol. The first kappa shape index (κ1) is 16.3. The van der Waals surface area contributed by atoms with E-state index in [0.29, 0.717) is 18.6 Å². The van der Waals surface area contributed by atoms with E-state index in [4.69, 9.17) is 14.0 Å². The van der Waals surface area contributed by atoms with Crippen molar-refractivity contribution in [1.82, 2.24) is 5.32 Å². The Morgan fingerprint density at radius 1 is 1.19 bits per heavy atom. The minimum atomic E-state index is -0.629. The van der Waals surface area contributed by atoms with Crippen LogP contribution in [0.4, 0.5) is 4.39 Å². The average Bonchev–Trinajstić information content (AvgIpc) is 2.60. The molecule has 0 aromatic heterocycles. The lowest BCUT2D eigenvalue weighted by molar-refractivity contribution is 0.00578. The highest BCUT2D eigenvalue weighted by atomic mass is 19.1. The van der Waals surface area contributed by atoms with Crippen LogP contribution in [0.1, 0.15) is 27.7 Å². The van der Waals surface area contributed by atoms with Crippen molar-refractivity contribution in [3.8, 4) is 5.75 Å². The van der Waals surface area contributed by atoms with Gasteiger partial charge in [0.15, 0.2) is 11.6 Å². The van der Waals surface area contributed by atoms with Gasteiger partial charge in [0.05, 0.1) is 11.2 Å². The summed E-state index contributed by atoms with van der Waals surface area (Å²) in [6.07, 6.45) is 0. The summed E-state index contributed by atoms with van der Waals surface area (Å²) >= 11 is 0. The van der Waals surface area contributed by atoms with Gasteiger partial charge >= 0.3 is 7.12 Å². The van der Waals surface area contributed by atoms with E-state index in [1.165, 1.54) is 6.07 Å². The molecule has 1 N–H and O–H groups in total. The molecule has 0 atom stereocenters. The first-order chi connectivity index (χ1) is 9.78. The Hall–Kier alpha value is -1.11. The largest absolute Gasteiger partial charge is 0.498 e. The van der Waals surface area contributed by atoms with E-state index in [1.807, 2.05) is 34.7 Å². The summed E-state index contributed by atoms with van der Waals surface area (Å²) in [5, 5.41) is 2.96. The van der Waals surface area contributed by atoms with Crippen LogP contribution in [0.2, 0.25) is 0 Å². The Labute approximate surface area is 126 Å². The van der Waals surface area contributed by atoms with Crippen LogP contribution in [-0.2, 0) is 9.31 Å². The van der Waals surface area contributed by atoms with E-state index in [9.17, 15) is 4.39 Å². The Bertz CT molecular complexity index is 492. The molecule has 1 fully saturated rings. The molecule has 0 bridgehead atoms. The third-order valence-corrected chi connectivity index (χ3v) is 4.10. The van der Waals surface area contributed by atoms with E-state index in [0.717, 1.165) is 0 Å². The first-order valence-electron chi connectivity index (χ1n) is 7.20. The van der Waals surface area contributed by atoms with Gasteiger partial charge in [0.1, 0.15) is 6.61 Å². The fraction of sp³-hybridized carbons (Fsp3) is 0.600. The molecular weight excluding hydrogens is 272 g/mol. The van der Waals surface area contributed by atoms with Crippen LogP contribution in [0.25, 0.3) is 0 Å². The van der Waals surface area contributed by atoms with Gasteiger partial charge in [-0.15, -0.1) is 0 Å². The van der Waals surface area contributed by atoms with Crippen molar-refractivity contribution in [3.05, 3.63) is 24.0 Å². The van der Waals surface area contributed by atoms with Crippen molar-refractivity contribution in [3.63, 3.8) is 0 Å². The predicted octanol–water partition coefficient (Wildman–Crippen LogP) is 1.72. The van der Waals surface area contributed by atoms with Gasteiger partial charge in [0.25, 0.3) is 0 Å². The number of halogens is 1. The zero-order chi connectivity index (χ0) is 15.7. The third kappa shape index (κ3) is 3.22. The fourth-order valence-electron chi connectivity index (χ4n) is 2.09. The van der Waals surface area contributed by atoms with Gasteiger partial charge in [-0.2, -0.15) is 0 Å². The molecule has 2 rings (SSSR count). The second kappa shape index (κ2) is 5.95. The Kier molecular flexibility index (Phi) is 4.61. The van der Waals surface area contributed by atoms with E-state index in [-0.39, 0.29) is 5.75 Å². The van der Waals surface area contributed by atoms with Crippen LogP contribution in [0.3, 0.4) is 0 Å². The summed E-state index contributed by atoms with van der Waals surface area (Å²) in [4.78, 5) is 0. The molecule has 6 heteroatoms. The van der Waals surface area contributed by atoms with Gasteiger partial charge in [-0.3, -0.25) is 0 Å². The molecule has 0 radical (unpaired) electrons. The van der Waals surface area contributed by atoms with Crippen LogP contribution in [0, 0.1) is 5.82 Å². The average molecular weight is 295 g/mol. The molecule has 1 aliphatic rings. The fourth-order valence-corrected chi connectivity index (χ4v) is 2.09. The number of benzene rings is 1. The van der Waals surface area contributed by atoms with Gasteiger partial charge in [0, 0.05) is 12.0 Å². The van der Waals surface area contributed by atoms with Crippen LogP contribution in [0.15, 0.2) is 18.2 Å². The van der Waals surface area contributed by atoms with Gasteiger partial charge < -0.3 is 19.4 Å². The van der Waals surface area contributed by atoms with Gasteiger partial charge in [-0.25, -0.2) is 4.39 Å². The number of hydrogen-bond donors (Lipinski definition) is 1. The molecule has 0 unspecified atom stereocenters. The van der Waals surface area contributed by atoms with E-state index in [1.54, 1.807) is 12.1 Å². The zero-order valence-electron chi connectivity index (χ0n) is 13.3. The van der Waals surface area contributed by atoms with Crippen LogP contribution >= 0.6 is 0 Å². The maximum absolute atomic E-state index is 14.1. The number of nitrogens with one attached hydrogen (secondary N) is 1. The number of hydrogen-bond acceptors (Lipinski definition) is 4. The topological polar surface area (TPSA) is 39.7 Å².